The first kappa shape index (κ1) is 17.6. The van der Waals surface area contributed by atoms with E-state index in [4.69, 9.17) is 18.9 Å². The predicted octanol–water partition coefficient (Wildman–Crippen LogP) is 2.58. The molecule has 0 aromatic heterocycles. The molecule has 0 radical (unpaired) electrons. The predicted molar refractivity (Wildman–Crippen MR) is 89.0 cm³/mol. The summed E-state index contributed by atoms with van der Waals surface area (Å²) in [6, 6.07) is 7.39. The zero-order valence-electron chi connectivity index (χ0n) is 14.6. The molecule has 1 aliphatic heterocycles. The van der Waals surface area contributed by atoms with Gasteiger partial charge in [-0.3, -0.25) is 4.79 Å². The molecule has 0 N–H and O–H groups in total. The van der Waals surface area contributed by atoms with Gasteiger partial charge < -0.3 is 18.9 Å². The average molecular weight is 346 g/mol. The first-order chi connectivity index (χ1) is 12.1. The van der Waals surface area contributed by atoms with Gasteiger partial charge in [-0.05, 0) is 19.9 Å². The fourth-order valence-corrected chi connectivity index (χ4v) is 3.65. The van der Waals surface area contributed by atoms with E-state index in [9.17, 15) is 9.59 Å². The molecule has 0 fully saturated rings. The number of benzene rings is 1. The van der Waals surface area contributed by atoms with Crippen LogP contribution in [0.5, 0.6) is 5.75 Å². The SMILES string of the molecule is CCOC1(OCC)C[C@@H]2C(=C[C@H]1C(=O)OC)C(=O)Oc1ccccc12. The molecule has 2 aliphatic rings. The van der Waals surface area contributed by atoms with Crippen molar-refractivity contribution in [3.8, 4) is 5.75 Å². The Labute approximate surface area is 146 Å². The lowest BCUT2D eigenvalue weighted by Gasteiger charge is -2.44. The van der Waals surface area contributed by atoms with Crippen LogP contribution in [0.2, 0.25) is 0 Å². The van der Waals surface area contributed by atoms with E-state index in [1.54, 1.807) is 12.1 Å². The lowest BCUT2D eigenvalue weighted by molar-refractivity contribution is -0.263. The van der Waals surface area contributed by atoms with Crippen LogP contribution in [-0.4, -0.2) is 38.0 Å². The Morgan fingerprint density at radius 3 is 2.56 bits per heavy atom. The first-order valence-corrected chi connectivity index (χ1v) is 8.44. The summed E-state index contributed by atoms with van der Waals surface area (Å²) in [6.07, 6.45) is 1.93. The molecule has 6 heteroatoms. The van der Waals surface area contributed by atoms with Crippen molar-refractivity contribution in [1.82, 2.24) is 0 Å². The fraction of sp³-hybridized carbons (Fsp3) is 0.474. The number of esters is 2. The number of carbonyl (C=O) groups is 2. The van der Waals surface area contributed by atoms with Crippen LogP contribution in [0.3, 0.4) is 0 Å². The molecule has 0 amide bonds. The van der Waals surface area contributed by atoms with Crippen LogP contribution in [0.4, 0.5) is 0 Å². The van der Waals surface area contributed by atoms with Crippen molar-refractivity contribution >= 4 is 11.9 Å². The van der Waals surface area contributed by atoms with E-state index in [-0.39, 0.29) is 5.92 Å². The third-order valence-corrected chi connectivity index (χ3v) is 4.65. The van der Waals surface area contributed by atoms with Crippen LogP contribution in [0.1, 0.15) is 31.7 Å². The van der Waals surface area contributed by atoms with Crippen molar-refractivity contribution in [3.05, 3.63) is 41.5 Å². The number of methoxy groups -OCH3 is 1. The Hall–Kier alpha value is -2.18. The highest BCUT2D eigenvalue weighted by molar-refractivity contribution is 5.95. The van der Waals surface area contributed by atoms with Crippen molar-refractivity contribution in [1.29, 1.82) is 0 Å². The Balaban J connectivity index is 2.13. The minimum atomic E-state index is -1.17. The number of carbonyl (C=O) groups excluding carboxylic acids is 2. The molecule has 1 heterocycles. The highest BCUT2D eigenvalue weighted by Gasteiger charge is 2.53. The summed E-state index contributed by atoms with van der Waals surface area (Å²) in [7, 11) is 1.31. The fourth-order valence-electron chi connectivity index (χ4n) is 3.65. The lowest BCUT2D eigenvalue weighted by atomic mass is 9.73. The Morgan fingerprint density at radius 1 is 1.24 bits per heavy atom. The van der Waals surface area contributed by atoms with Crippen molar-refractivity contribution < 1.29 is 28.5 Å². The molecular weight excluding hydrogens is 324 g/mol. The van der Waals surface area contributed by atoms with E-state index in [0.29, 0.717) is 31.0 Å². The minimum absolute atomic E-state index is 0.253. The summed E-state index contributed by atoms with van der Waals surface area (Å²) in [4.78, 5) is 24.8. The minimum Gasteiger partial charge on any atom is -0.468 e. The second kappa shape index (κ2) is 6.98. The van der Waals surface area contributed by atoms with Gasteiger partial charge in [-0.1, -0.05) is 24.3 Å². The lowest BCUT2D eigenvalue weighted by Crippen LogP contribution is -2.51. The van der Waals surface area contributed by atoms with Gasteiger partial charge in [0.05, 0.1) is 7.11 Å². The molecule has 134 valence electrons. The Kier molecular flexibility index (Phi) is 4.92. The zero-order chi connectivity index (χ0) is 18.0. The van der Waals surface area contributed by atoms with Gasteiger partial charge in [-0.25, -0.2) is 4.79 Å². The molecule has 25 heavy (non-hydrogen) atoms. The summed E-state index contributed by atoms with van der Waals surface area (Å²) in [5, 5.41) is 0. The maximum Gasteiger partial charge on any atom is 0.339 e. The molecule has 0 spiro atoms. The zero-order valence-corrected chi connectivity index (χ0v) is 14.6. The van der Waals surface area contributed by atoms with Gasteiger partial charge in [0.15, 0.2) is 5.79 Å². The molecule has 6 nitrogen and oxygen atoms in total. The van der Waals surface area contributed by atoms with Crippen LogP contribution in [0.25, 0.3) is 0 Å². The average Bonchev–Trinajstić information content (AvgIpc) is 2.61. The number of hydrogen-bond acceptors (Lipinski definition) is 6. The third-order valence-electron chi connectivity index (χ3n) is 4.65. The third kappa shape index (κ3) is 2.96. The topological polar surface area (TPSA) is 71.1 Å². The van der Waals surface area contributed by atoms with Gasteiger partial charge in [0.25, 0.3) is 0 Å². The smallest absolute Gasteiger partial charge is 0.339 e. The molecule has 0 bridgehead atoms. The van der Waals surface area contributed by atoms with Crippen LogP contribution in [-0.2, 0) is 23.8 Å². The maximum atomic E-state index is 12.5. The largest absolute Gasteiger partial charge is 0.468 e. The molecule has 0 saturated carbocycles. The van der Waals surface area contributed by atoms with E-state index in [2.05, 4.69) is 0 Å². The number of para-hydroxylation sites is 1. The molecule has 2 atom stereocenters. The first-order valence-electron chi connectivity index (χ1n) is 8.44. The standard InChI is InChI=1S/C19H22O6/c1-4-23-19(24-5-2)11-14-12-8-6-7-9-16(12)25-17(20)13(14)10-15(19)18(21)22-3/h6-10,14-15H,4-5,11H2,1-3H3/t14-,15-/m0/s1. The van der Waals surface area contributed by atoms with E-state index in [1.807, 2.05) is 32.0 Å². The molecule has 1 aromatic rings. The maximum absolute atomic E-state index is 12.5. The summed E-state index contributed by atoms with van der Waals surface area (Å²) in [5.41, 5.74) is 1.34. The molecular formula is C19H22O6. The molecule has 3 rings (SSSR count). The van der Waals surface area contributed by atoms with Crippen molar-refractivity contribution in [2.24, 2.45) is 5.92 Å². The van der Waals surface area contributed by atoms with Crippen LogP contribution in [0.15, 0.2) is 35.9 Å². The van der Waals surface area contributed by atoms with E-state index >= 15 is 0 Å². The molecule has 0 saturated heterocycles. The van der Waals surface area contributed by atoms with Gasteiger partial charge in [-0.2, -0.15) is 0 Å². The van der Waals surface area contributed by atoms with E-state index < -0.39 is 23.6 Å². The van der Waals surface area contributed by atoms with Gasteiger partial charge >= 0.3 is 11.9 Å². The summed E-state index contributed by atoms with van der Waals surface area (Å²) < 4.78 is 22.2. The van der Waals surface area contributed by atoms with Crippen molar-refractivity contribution in [3.63, 3.8) is 0 Å². The molecule has 1 aromatic carbocycles. The number of fused-ring (bicyclic) bond motifs is 3. The molecule has 1 aliphatic carbocycles. The summed E-state index contributed by atoms with van der Waals surface area (Å²) in [6.45, 7) is 4.43. The number of hydrogen-bond donors (Lipinski definition) is 0. The molecule has 0 unspecified atom stereocenters. The van der Waals surface area contributed by atoms with Gasteiger partial charge in [-0.15, -0.1) is 0 Å². The van der Waals surface area contributed by atoms with Gasteiger partial charge in [0.1, 0.15) is 11.7 Å². The van der Waals surface area contributed by atoms with Crippen LogP contribution in [0, 0.1) is 5.92 Å². The Bertz CT molecular complexity index is 702. The van der Waals surface area contributed by atoms with Crippen LogP contribution >= 0.6 is 0 Å². The van der Waals surface area contributed by atoms with Gasteiger partial charge in [0, 0.05) is 36.7 Å². The van der Waals surface area contributed by atoms with Crippen molar-refractivity contribution in [2.45, 2.75) is 32.0 Å². The number of ether oxygens (including phenoxy) is 4. The quantitative estimate of drug-likeness (QED) is 0.464. The van der Waals surface area contributed by atoms with E-state index in [0.717, 1.165) is 5.56 Å². The highest BCUT2D eigenvalue weighted by Crippen LogP contribution is 2.49. The van der Waals surface area contributed by atoms with Crippen molar-refractivity contribution in [2.75, 3.05) is 20.3 Å². The van der Waals surface area contributed by atoms with Crippen LogP contribution < -0.4 is 4.74 Å². The summed E-state index contributed by atoms with van der Waals surface area (Å²) >= 11 is 0. The second-order valence-electron chi connectivity index (χ2n) is 5.98. The normalized spacial score (nSPS) is 23.8. The summed E-state index contributed by atoms with van der Waals surface area (Å²) in [5.74, 6) is -2.67. The number of rotatable bonds is 5. The second-order valence-corrected chi connectivity index (χ2v) is 5.98. The van der Waals surface area contributed by atoms with E-state index in [1.165, 1.54) is 7.11 Å². The highest BCUT2D eigenvalue weighted by atomic mass is 16.7. The Morgan fingerprint density at radius 2 is 1.92 bits per heavy atom. The van der Waals surface area contributed by atoms with Gasteiger partial charge in [0.2, 0.25) is 0 Å². The monoisotopic (exact) mass is 346 g/mol.